The number of furan rings is 1. The lowest BCUT2D eigenvalue weighted by atomic mass is 10.2. The Morgan fingerprint density at radius 2 is 2.19 bits per heavy atom. The minimum Gasteiger partial charge on any atom is -0.467 e. The Bertz CT molecular complexity index is 1040. The molecule has 7 nitrogen and oxygen atoms in total. The Kier molecular flexibility index (Phi) is 4.22. The average Bonchev–Trinajstić information content (AvgIpc) is 3.30. The third-order valence-electron chi connectivity index (χ3n) is 5.26. The second-order valence-corrected chi connectivity index (χ2v) is 9.21. The van der Waals surface area contributed by atoms with Crippen molar-refractivity contribution in [3.8, 4) is 0 Å². The molecule has 0 saturated carbocycles. The molecule has 1 N–H and O–H groups in total. The van der Waals surface area contributed by atoms with Crippen LogP contribution in [0.5, 0.6) is 0 Å². The largest absolute Gasteiger partial charge is 0.467 e. The van der Waals surface area contributed by atoms with Gasteiger partial charge in [-0.25, -0.2) is 18.4 Å². The van der Waals surface area contributed by atoms with Crippen molar-refractivity contribution >= 4 is 26.7 Å². The molecule has 1 fully saturated rings. The summed E-state index contributed by atoms with van der Waals surface area (Å²) in [5.74, 6) is 1.84. The molecule has 0 radical (unpaired) electrons. The highest BCUT2D eigenvalue weighted by Crippen LogP contribution is 2.30. The van der Waals surface area contributed by atoms with Gasteiger partial charge in [-0.3, -0.25) is 0 Å². The van der Waals surface area contributed by atoms with Crippen molar-refractivity contribution in [3.63, 3.8) is 0 Å². The van der Waals surface area contributed by atoms with E-state index in [2.05, 4.69) is 19.9 Å². The van der Waals surface area contributed by atoms with Gasteiger partial charge in [0.25, 0.3) is 0 Å². The molecule has 8 heteroatoms. The van der Waals surface area contributed by atoms with Gasteiger partial charge in [-0.1, -0.05) is 0 Å². The van der Waals surface area contributed by atoms with E-state index in [9.17, 15) is 8.42 Å². The number of nitrogens with zero attached hydrogens (tertiary/aromatic N) is 3. The first-order chi connectivity index (χ1) is 12.5. The number of sulfone groups is 1. The maximum Gasteiger partial charge on any atom is 0.154 e. The number of rotatable bonds is 5. The minimum atomic E-state index is -2.98. The van der Waals surface area contributed by atoms with Crippen LogP contribution in [0, 0.1) is 13.8 Å². The average molecular weight is 374 g/mol. The SMILES string of the molecule is Cc1c(C)n(Cc2ccco2)c2ncnc(NCC3CCCS3(=O)=O)c12. The van der Waals surface area contributed by atoms with Crippen LogP contribution in [0.3, 0.4) is 0 Å². The van der Waals surface area contributed by atoms with Crippen molar-refractivity contribution < 1.29 is 12.8 Å². The monoisotopic (exact) mass is 374 g/mol. The molecule has 1 saturated heterocycles. The fourth-order valence-electron chi connectivity index (χ4n) is 3.65. The summed E-state index contributed by atoms with van der Waals surface area (Å²) >= 11 is 0. The zero-order valence-corrected chi connectivity index (χ0v) is 15.7. The van der Waals surface area contributed by atoms with Crippen molar-refractivity contribution in [2.75, 3.05) is 17.6 Å². The molecular formula is C18H22N4O3S. The molecule has 1 aliphatic heterocycles. The molecule has 3 aromatic heterocycles. The molecule has 0 amide bonds. The van der Waals surface area contributed by atoms with Crippen molar-refractivity contribution in [1.29, 1.82) is 0 Å². The Morgan fingerprint density at radius 1 is 1.35 bits per heavy atom. The Balaban J connectivity index is 1.68. The van der Waals surface area contributed by atoms with E-state index in [1.165, 1.54) is 6.33 Å². The molecule has 26 heavy (non-hydrogen) atoms. The number of aryl methyl sites for hydroxylation is 1. The highest BCUT2D eigenvalue weighted by Gasteiger charge is 2.31. The zero-order chi connectivity index (χ0) is 18.3. The summed E-state index contributed by atoms with van der Waals surface area (Å²) in [5, 5.41) is 3.86. The Morgan fingerprint density at radius 3 is 2.88 bits per heavy atom. The number of anilines is 1. The molecule has 0 bridgehead atoms. The normalized spacial score (nSPS) is 19.2. The fourth-order valence-corrected chi connectivity index (χ4v) is 5.42. The summed E-state index contributed by atoms with van der Waals surface area (Å²) in [6, 6.07) is 3.80. The van der Waals surface area contributed by atoms with E-state index in [4.69, 9.17) is 4.42 Å². The number of fused-ring (bicyclic) bond motifs is 1. The van der Waals surface area contributed by atoms with Crippen LogP contribution in [0.15, 0.2) is 29.1 Å². The zero-order valence-electron chi connectivity index (χ0n) is 14.9. The van der Waals surface area contributed by atoms with Gasteiger partial charge in [0.2, 0.25) is 0 Å². The third kappa shape index (κ3) is 2.88. The van der Waals surface area contributed by atoms with Gasteiger partial charge in [0.15, 0.2) is 9.84 Å². The predicted molar refractivity (Wildman–Crippen MR) is 100 cm³/mol. The smallest absolute Gasteiger partial charge is 0.154 e. The van der Waals surface area contributed by atoms with Crippen LogP contribution in [0.25, 0.3) is 11.0 Å². The molecule has 0 spiro atoms. The van der Waals surface area contributed by atoms with Crippen LogP contribution < -0.4 is 5.32 Å². The van der Waals surface area contributed by atoms with Crippen molar-refractivity contribution in [3.05, 3.63) is 41.7 Å². The first-order valence-electron chi connectivity index (χ1n) is 8.75. The molecule has 0 aliphatic carbocycles. The summed E-state index contributed by atoms with van der Waals surface area (Å²) in [6.45, 7) is 5.06. The molecular weight excluding hydrogens is 352 g/mol. The molecule has 1 atom stereocenters. The number of hydrogen-bond acceptors (Lipinski definition) is 6. The Labute approximate surface area is 152 Å². The van der Waals surface area contributed by atoms with E-state index in [-0.39, 0.29) is 11.0 Å². The summed E-state index contributed by atoms with van der Waals surface area (Å²) in [5.41, 5.74) is 3.00. The number of aromatic nitrogens is 3. The first-order valence-corrected chi connectivity index (χ1v) is 10.5. The highest BCUT2D eigenvalue weighted by atomic mass is 32.2. The topological polar surface area (TPSA) is 90.0 Å². The van der Waals surface area contributed by atoms with E-state index < -0.39 is 9.84 Å². The van der Waals surface area contributed by atoms with Crippen LogP contribution in [0.1, 0.15) is 29.9 Å². The first kappa shape index (κ1) is 17.1. The number of hydrogen-bond donors (Lipinski definition) is 1. The standard InChI is InChI=1S/C18H22N4O3S/c1-12-13(2)22(10-14-5-3-7-25-14)18-16(12)17(20-11-21-18)19-9-15-6-4-8-26(15,23)24/h3,5,7,11,15H,4,6,8-10H2,1-2H3,(H,19,20,21). The van der Waals surface area contributed by atoms with E-state index in [1.54, 1.807) is 6.26 Å². The van der Waals surface area contributed by atoms with Crippen LogP contribution in [-0.4, -0.2) is 40.5 Å². The van der Waals surface area contributed by atoms with Crippen molar-refractivity contribution in [1.82, 2.24) is 14.5 Å². The molecule has 4 rings (SSSR count). The van der Waals surface area contributed by atoms with Crippen LogP contribution in [0.2, 0.25) is 0 Å². The van der Waals surface area contributed by atoms with Gasteiger partial charge in [-0.15, -0.1) is 0 Å². The van der Waals surface area contributed by atoms with Crippen molar-refractivity contribution in [2.24, 2.45) is 0 Å². The maximum absolute atomic E-state index is 12.1. The quantitative estimate of drug-likeness (QED) is 0.738. The van der Waals surface area contributed by atoms with Gasteiger partial charge in [0, 0.05) is 12.2 Å². The van der Waals surface area contributed by atoms with Crippen LogP contribution in [-0.2, 0) is 16.4 Å². The fraction of sp³-hybridized carbons (Fsp3) is 0.444. The van der Waals surface area contributed by atoms with Gasteiger partial charge in [-0.2, -0.15) is 0 Å². The second kappa shape index (κ2) is 6.42. The van der Waals surface area contributed by atoms with Gasteiger partial charge in [0.1, 0.15) is 23.6 Å². The molecule has 1 aliphatic rings. The van der Waals surface area contributed by atoms with Crippen molar-refractivity contribution in [2.45, 2.75) is 38.5 Å². The number of nitrogens with one attached hydrogen (secondary N) is 1. The molecule has 1 unspecified atom stereocenters. The van der Waals surface area contributed by atoms with Gasteiger partial charge < -0.3 is 14.3 Å². The van der Waals surface area contributed by atoms with E-state index in [0.717, 1.165) is 34.5 Å². The predicted octanol–water partition coefficient (Wildman–Crippen LogP) is 2.68. The lowest BCUT2D eigenvalue weighted by Gasteiger charge is -2.12. The summed E-state index contributed by atoms with van der Waals surface area (Å²) < 4.78 is 31.7. The van der Waals surface area contributed by atoms with Gasteiger partial charge >= 0.3 is 0 Å². The van der Waals surface area contributed by atoms with Crippen LogP contribution in [0.4, 0.5) is 5.82 Å². The summed E-state index contributed by atoms with van der Waals surface area (Å²) in [7, 11) is -2.98. The third-order valence-corrected chi connectivity index (χ3v) is 7.54. The maximum atomic E-state index is 12.1. The molecule has 4 heterocycles. The highest BCUT2D eigenvalue weighted by molar-refractivity contribution is 7.92. The van der Waals surface area contributed by atoms with Gasteiger partial charge in [0.05, 0.1) is 29.2 Å². The second-order valence-electron chi connectivity index (χ2n) is 6.81. The minimum absolute atomic E-state index is 0.288. The summed E-state index contributed by atoms with van der Waals surface area (Å²) in [6.07, 6.45) is 4.63. The molecule has 0 aromatic carbocycles. The molecule has 3 aromatic rings. The Hall–Kier alpha value is -2.35. The van der Waals surface area contributed by atoms with E-state index >= 15 is 0 Å². The van der Waals surface area contributed by atoms with E-state index in [1.807, 2.05) is 26.0 Å². The lowest BCUT2D eigenvalue weighted by molar-refractivity contribution is 0.494. The molecule has 138 valence electrons. The summed E-state index contributed by atoms with van der Waals surface area (Å²) in [4.78, 5) is 8.84. The van der Waals surface area contributed by atoms with Crippen LogP contribution >= 0.6 is 0 Å². The van der Waals surface area contributed by atoms with E-state index in [0.29, 0.717) is 25.3 Å². The van der Waals surface area contributed by atoms with Gasteiger partial charge in [-0.05, 0) is 44.4 Å². The lowest BCUT2D eigenvalue weighted by Crippen LogP contribution is -2.25.